The third-order valence-corrected chi connectivity index (χ3v) is 6.47. The van der Waals surface area contributed by atoms with Crippen LogP contribution < -0.4 is 9.62 Å². The lowest BCUT2D eigenvalue weighted by Crippen LogP contribution is -2.35. The first-order valence-electron chi connectivity index (χ1n) is 10.2. The van der Waals surface area contributed by atoms with E-state index in [2.05, 4.69) is 43.4 Å². The van der Waals surface area contributed by atoms with Gasteiger partial charge in [-0.15, -0.1) is 0 Å². The molecule has 0 saturated carbocycles. The Bertz CT molecular complexity index is 982. The molecule has 0 aromatic heterocycles. The maximum Gasteiger partial charge on any atom is 0.251 e. The summed E-state index contributed by atoms with van der Waals surface area (Å²) >= 11 is 0. The van der Waals surface area contributed by atoms with E-state index in [0.717, 1.165) is 30.4 Å². The van der Waals surface area contributed by atoms with E-state index in [-0.39, 0.29) is 11.9 Å². The summed E-state index contributed by atoms with van der Waals surface area (Å²) in [5.41, 5.74) is 4.51. The van der Waals surface area contributed by atoms with Gasteiger partial charge in [-0.3, -0.25) is 9.10 Å². The summed E-state index contributed by atoms with van der Waals surface area (Å²) in [4.78, 5) is 12.8. The highest BCUT2D eigenvalue weighted by atomic mass is 32.2. The van der Waals surface area contributed by atoms with E-state index < -0.39 is 10.0 Å². The van der Waals surface area contributed by atoms with E-state index >= 15 is 0 Å². The number of fused-ring (bicyclic) bond motifs is 1. The Morgan fingerprint density at radius 1 is 1.10 bits per heavy atom. The van der Waals surface area contributed by atoms with Gasteiger partial charge in [-0.1, -0.05) is 38.1 Å². The second-order valence-corrected chi connectivity index (χ2v) is 10.2. The molecule has 0 saturated heterocycles. The molecule has 3 rings (SSSR count). The smallest absolute Gasteiger partial charge is 0.251 e. The Labute approximate surface area is 174 Å². The molecule has 156 valence electrons. The van der Waals surface area contributed by atoms with Gasteiger partial charge in [-0.05, 0) is 67.0 Å². The van der Waals surface area contributed by atoms with Crippen molar-refractivity contribution < 1.29 is 13.2 Å². The van der Waals surface area contributed by atoms with Crippen molar-refractivity contribution in [3.63, 3.8) is 0 Å². The average Bonchev–Trinajstić information content (AvgIpc) is 2.66. The summed E-state index contributed by atoms with van der Waals surface area (Å²) in [6.07, 6.45) is 3.79. The number of aryl methyl sites for hydroxylation is 1. The Balaban J connectivity index is 1.72. The lowest BCUT2D eigenvalue weighted by atomic mass is 9.99. The molecule has 5 nitrogen and oxygen atoms in total. The number of carbonyl (C=O) groups excluding carboxylic acids is 1. The summed E-state index contributed by atoms with van der Waals surface area (Å²) in [5, 5.41) is 3.05. The Morgan fingerprint density at radius 2 is 1.79 bits per heavy atom. The number of sulfonamides is 1. The fraction of sp³-hybridized carbons (Fsp3) is 0.435. The summed E-state index contributed by atoms with van der Waals surface area (Å²) in [6.45, 7) is 6.86. The highest BCUT2D eigenvalue weighted by molar-refractivity contribution is 7.92. The fourth-order valence-electron chi connectivity index (χ4n) is 3.83. The van der Waals surface area contributed by atoms with Crippen molar-refractivity contribution in [1.29, 1.82) is 0 Å². The van der Waals surface area contributed by atoms with E-state index in [0.29, 0.717) is 23.7 Å². The highest BCUT2D eigenvalue weighted by Gasteiger charge is 2.25. The number of nitrogens with zero attached hydrogens (tertiary/aromatic N) is 1. The van der Waals surface area contributed by atoms with Crippen LogP contribution >= 0.6 is 0 Å². The minimum absolute atomic E-state index is 0.112. The first-order valence-corrected chi connectivity index (χ1v) is 12.0. The fourth-order valence-corrected chi connectivity index (χ4v) is 4.82. The molecule has 1 unspecified atom stereocenters. The lowest BCUT2D eigenvalue weighted by Gasteiger charge is -2.29. The Morgan fingerprint density at radius 3 is 2.41 bits per heavy atom. The molecule has 0 fully saturated rings. The topological polar surface area (TPSA) is 66.5 Å². The van der Waals surface area contributed by atoms with Gasteiger partial charge in [0, 0.05) is 12.1 Å². The maximum absolute atomic E-state index is 12.8. The molecule has 29 heavy (non-hydrogen) atoms. The van der Waals surface area contributed by atoms with E-state index in [1.807, 2.05) is 13.0 Å². The molecular weight excluding hydrogens is 384 g/mol. The predicted molar refractivity (Wildman–Crippen MR) is 118 cm³/mol. The largest absolute Gasteiger partial charge is 0.346 e. The summed E-state index contributed by atoms with van der Waals surface area (Å²) in [6, 6.07) is 13.5. The van der Waals surface area contributed by atoms with Crippen molar-refractivity contribution in [2.75, 3.05) is 17.1 Å². The number of anilines is 1. The van der Waals surface area contributed by atoms with E-state index in [9.17, 15) is 13.2 Å². The van der Waals surface area contributed by atoms with Gasteiger partial charge in [0.1, 0.15) is 0 Å². The van der Waals surface area contributed by atoms with Crippen LogP contribution in [0.15, 0.2) is 42.5 Å². The monoisotopic (exact) mass is 414 g/mol. The third kappa shape index (κ3) is 5.18. The van der Waals surface area contributed by atoms with Crippen LogP contribution in [0.4, 0.5) is 5.69 Å². The SMILES string of the molecule is CC(C)Cc1ccc(C(C)NC(=O)c2ccc3c(c2)CCCN3S(C)(=O)=O)cc1. The van der Waals surface area contributed by atoms with Crippen LogP contribution in [-0.4, -0.2) is 27.1 Å². The van der Waals surface area contributed by atoms with Crippen LogP contribution in [0.5, 0.6) is 0 Å². The first kappa shape index (κ1) is 21.4. The molecule has 0 spiro atoms. The van der Waals surface area contributed by atoms with Crippen molar-refractivity contribution in [2.45, 2.75) is 46.1 Å². The standard InChI is InChI=1S/C23H30N2O3S/c1-16(2)14-18-7-9-19(10-8-18)17(3)24-23(26)21-11-12-22-20(15-21)6-5-13-25(22)29(4,27)28/h7-12,15-17H,5-6,13-14H2,1-4H3,(H,24,26). The second-order valence-electron chi connectivity index (χ2n) is 8.32. The van der Waals surface area contributed by atoms with Gasteiger partial charge >= 0.3 is 0 Å². The van der Waals surface area contributed by atoms with Crippen molar-refractivity contribution in [1.82, 2.24) is 5.32 Å². The zero-order valence-corrected chi connectivity index (χ0v) is 18.4. The number of amides is 1. The minimum atomic E-state index is -3.31. The number of nitrogens with one attached hydrogen (secondary N) is 1. The normalized spacial score (nSPS) is 15.1. The van der Waals surface area contributed by atoms with Gasteiger partial charge in [-0.25, -0.2) is 8.42 Å². The Hall–Kier alpha value is -2.34. The molecule has 2 aromatic carbocycles. The quantitative estimate of drug-likeness (QED) is 0.774. The van der Waals surface area contributed by atoms with E-state index in [1.165, 1.54) is 16.1 Å². The summed E-state index contributed by atoms with van der Waals surface area (Å²) < 4.78 is 25.4. The number of rotatable bonds is 6. The molecule has 2 aromatic rings. The average molecular weight is 415 g/mol. The van der Waals surface area contributed by atoms with E-state index in [4.69, 9.17) is 0 Å². The summed E-state index contributed by atoms with van der Waals surface area (Å²) in [5.74, 6) is 0.462. The molecule has 1 aliphatic heterocycles. The molecule has 1 heterocycles. The van der Waals surface area contributed by atoms with Gasteiger partial charge in [0.15, 0.2) is 0 Å². The first-order chi connectivity index (χ1) is 13.6. The lowest BCUT2D eigenvalue weighted by molar-refractivity contribution is 0.0940. The number of hydrogen-bond acceptors (Lipinski definition) is 3. The van der Waals surface area contributed by atoms with Crippen LogP contribution in [0, 0.1) is 5.92 Å². The number of benzene rings is 2. The van der Waals surface area contributed by atoms with E-state index in [1.54, 1.807) is 12.1 Å². The van der Waals surface area contributed by atoms with Gasteiger partial charge in [0.2, 0.25) is 10.0 Å². The second kappa shape index (κ2) is 8.57. The minimum Gasteiger partial charge on any atom is -0.346 e. The van der Waals surface area contributed by atoms with Crippen LogP contribution in [-0.2, 0) is 22.9 Å². The molecule has 1 aliphatic rings. The van der Waals surface area contributed by atoms with Crippen molar-refractivity contribution >= 4 is 21.6 Å². The van der Waals surface area contributed by atoms with Crippen LogP contribution in [0.1, 0.15) is 60.3 Å². The molecule has 0 bridgehead atoms. The number of hydrogen-bond donors (Lipinski definition) is 1. The molecule has 1 atom stereocenters. The van der Waals surface area contributed by atoms with Gasteiger partial charge in [0.05, 0.1) is 18.0 Å². The summed E-state index contributed by atoms with van der Waals surface area (Å²) in [7, 11) is -3.31. The molecule has 0 radical (unpaired) electrons. The maximum atomic E-state index is 12.8. The van der Waals surface area contributed by atoms with Gasteiger partial charge in [0.25, 0.3) is 5.91 Å². The van der Waals surface area contributed by atoms with Gasteiger partial charge in [-0.2, -0.15) is 0 Å². The molecule has 1 amide bonds. The van der Waals surface area contributed by atoms with Gasteiger partial charge < -0.3 is 5.32 Å². The zero-order chi connectivity index (χ0) is 21.2. The van der Waals surface area contributed by atoms with Crippen LogP contribution in [0.3, 0.4) is 0 Å². The highest BCUT2D eigenvalue weighted by Crippen LogP contribution is 2.30. The van der Waals surface area contributed by atoms with Crippen LogP contribution in [0.2, 0.25) is 0 Å². The molecule has 0 aliphatic carbocycles. The van der Waals surface area contributed by atoms with Crippen LogP contribution in [0.25, 0.3) is 0 Å². The van der Waals surface area contributed by atoms with Crippen molar-refractivity contribution in [3.05, 3.63) is 64.7 Å². The third-order valence-electron chi connectivity index (χ3n) is 5.29. The predicted octanol–water partition coefficient (Wildman–Crippen LogP) is 4.09. The molecule has 1 N–H and O–H groups in total. The van der Waals surface area contributed by atoms with Crippen molar-refractivity contribution in [2.24, 2.45) is 5.92 Å². The van der Waals surface area contributed by atoms with Crippen molar-refractivity contribution in [3.8, 4) is 0 Å². The molecule has 6 heteroatoms. The Kier molecular flexibility index (Phi) is 6.32. The number of carbonyl (C=O) groups is 1. The molecular formula is C23H30N2O3S. The zero-order valence-electron chi connectivity index (χ0n) is 17.6.